The maximum absolute atomic E-state index is 12.1. The number of alkyl carbamates (subject to hydrolysis) is 1. The van der Waals surface area contributed by atoms with Gasteiger partial charge in [0.25, 0.3) is 0 Å². The quantitative estimate of drug-likeness (QED) is 0.476. The van der Waals surface area contributed by atoms with Crippen LogP contribution in [-0.2, 0) is 32.1 Å². The molecule has 0 bridgehead atoms. The van der Waals surface area contributed by atoms with Crippen LogP contribution in [0.2, 0.25) is 0 Å². The molecule has 0 aliphatic rings. The molecule has 1 aromatic carbocycles. The average molecular weight is 452 g/mol. The summed E-state index contributed by atoms with van der Waals surface area (Å²) in [4.78, 5) is 34.6. The highest BCUT2D eigenvalue weighted by Crippen LogP contribution is 2.14. The van der Waals surface area contributed by atoms with Crippen molar-refractivity contribution < 1.29 is 23.9 Å². The summed E-state index contributed by atoms with van der Waals surface area (Å²) in [6.45, 7) is 11.5. The molecule has 0 radical (unpaired) electrons. The molecule has 0 heterocycles. The first-order valence-electron chi connectivity index (χ1n) is 11.2. The number of hydrogen-bond acceptors (Lipinski definition) is 5. The molecule has 0 saturated heterocycles. The maximum Gasteiger partial charge on any atom is 0.407 e. The standard InChI is InChI=1S/C22H35N3O5.C2H6/c1-15(18(11-12-19(23)26)25-21(28)30-22(2,3)4)29-14-17-8-6-16(7-9-17)10-13-20(27)24-5;1-2/h6-9,15,18H,10-14H2,1-5H3,(H2,23,26)(H,24,27)(H,25,28);1-2H3/t15-,18?;/m1./s1. The molecule has 0 saturated carbocycles. The van der Waals surface area contributed by atoms with Gasteiger partial charge in [0.1, 0.15) is 5.60 Å². The van der Waals surface area contributed by atoms with Crippen LogP contribution >= 0.6 is 0 Å². The van der Waals surface area contributed by atoms with Crippen LogP contribution in [0.3, 0.4) is 0 Å². The molecule has 1 aromatic rings. The molecule has 0 fully saturated rings. The second-order valence-corrected chi connectivity index (χ2v) is 8.26. The van der Waals surface area contributed by atoms with E-state index in [1.54, 1.807) is 27.8 Å². The van der Waals surface area contributed by atoms with Gasteiger partial charge in [0.05, 0.1) is 18.8 Å². The fraction of sp³-hybridized carbons (Fsp3) is 0.625. The normalized spacial score (nSPS) is 12.6. The monoisotopic (exact) mass is 451 g/mol. The number of carbonyl (C=O) groups is 3. The number of nitrogens with one attached hydrogen (secondary N) is 2. The van der Waals surface area contributed by atoms with Crippen LogP contribution in [0.25, 0.3) is 0 Å². The zero-order chi connectivity index (χ0) is 24.7. The number of hydrogen-bond donors (Lipinski definition) is 3. The van der Waals surface area contributed by atoms with Gasteiger partial charge in [-0.2, -0.15) is 0 Å². The van der Waals surface area contributed by atoms with Gasteiger partial charge in [-0.05, 0) is 51.7 Å². The molecule has 8 heteroatoms. The summed E-state index contributed by atoms with van der Waals surface area (Å²) in [7, 11) is 1.62. The van der Waals surface area contributed by atoms with E-state index in [0.29, 0.717) is 25.9 Å². The Morgan fingerprint density at radius 3 is 2.09 bits per heavy atom. The van der Waals surface area contributed by atoms with E-state index in [-0.39, 0.29) is 18.4 Å². The number of rotatable bonds is 11. The van der Waals surface area contributed by atoms with Gasteiger partial charge in [-0.25, -0.2) is 4.79 Å². The Morgan fingerprint density at radius 1 is 1.03 bits per heavy atom. The third-order valence-corrected chi connectivity index (χ3v) is 4.43. The molecule has 8 nitrogen and oxygen atoms in total. The van der Waals surface area contributed by atoms with Crippen molar-refractivity contribution in [2.75, 3.05) is 7.05 Å². The summed E-state index contributed by atoms with van der Waals surface area (Å²) >= 11 is 0. The van der Waals surface area contributed by atoms with E-state index in [1.165, 1.54) is 0 Å². The van der Waals surface area contributed by atoms with Gasteiger partial charge < -0.3 is 25.8 Å². The highest BCUT2D eigenvalue weighted by atomic mass is 16.6. The Balaban J connectivity index is 0.00000466. The minimum Gasteiger partial charge on any atom is -0.444 e. The molecule has 0 aliphatic heterocycles. The maximum atomic E-state index is 12.1. The lowest BCUT2D eigenvalue weighted by Gasteiger charge is -2.27. The molecule has 0 aromatic heterocycles. The summed E-state index contributed by atoms with van der Waals surface area (Å²) in [5.41, 5.74) is 6.67. The van der Waals surface area contributed by atoms with Crippen molar-refractivity contribution in [3.8, 4) is 0 Å². The van der Waals surface area contributed by atoms with Crippen LogP contribution in [0, 0.1) is 0 Å². The summed E-state index contributed by atoms with van der Waals surface area (Å²) in [6.07, 6.45) is 0.688. The lowest BCUT2D eigenvalue weighted by Crippen LogP contribution is -2.45. The van der Waals surface area contributed by atoms with Crippen LogP contribution in [0.5, 0.6) is 0 Å². The predicted octanol–water partition coefficient (Wildman–Crippen LogP) is 3.46. The van der Waals surface area contributed by atoms with E-state index in [9.17, 15) is 14.4 Å². The number of amides is 3. The number of primary amides is 1. The minimum absolute atomic E-state index is 0.00993. The van der Waals surface area contributed by atoms with E-state index >= 15 is 0 Å². The highest BCUT2D eigenvalue weighted by Gasteiger charge is 2.24. The zero-order valence-electron chi connectivity index (χ0n) is 20.6. The Morgan fingerprint density at radius 2 is 1.59 bits per heavy atom. The lowest BCUT2D eigenvalue weighted by molar-refractivity contribution is -0.120. The van der Waals surface area contributed by atoms with Crippen LogP contribution in [0.1, 0.15) is 71.9 Å². The van der Waals surface area contributed by atoms with Crippen molar-refractivity contribution >= 4 is 17.9 Å². The van der Waals surface area contributed by atoms with Gasteiger partial charge in [0, 0.05) is 19.9 Å². The molecule has 1 rings (SSSR count). The summed E-state index contributed by atoms with van der Waals surface area (Å²) in [5, 5.41) is 5.38. The molecule has 2 atom stereocenters. The van der Waals surface area contributed by atoms with Crippen LogP contribution in [0.15, 0.2) is 24.3 Å². The first-order chi connectivity index (χ1) is 15.0. The summed E-state index contributed by atoms with van der Waals surface area (Å²) in [6, 6.07) is 7.42. The third-order valence-electron chi connectivity index (χ3n) is 4.43. The number of nitrogens with two attached hydrogens (primary N) is 1. The van der Waals surface area contributed by atoms with Gasteiger partial charge in [0.15, 0.2) is 0 Å². The number of benzene rings is 1. The predicted molar refractivity (Wildman–Crippen MR) is 126 cm³/mol. The molecular formula is C24H41N3O5. The van der Waals surface area contributed by atoms with Gasteiger partial charge in [-0.3, -0.25) is 9.59 Å². The zero-order valence-corrected chi connectivity index (χ0v) is 20.6. The second-order valence-electron chi connectivity index (χ2n) is 8.26. The van der Waals surface area contributed by atoms with E-state index in [4.69, 9.17) is 15.2 Å². The van der Waals surface area contributed by atoms with E-state index in [1.807, 2.05) is 45.0 Å². The van der Waals surface area contributed by atoms with Crippen molar-refractivity contribution in [2.24, 2.45) is 5.73 Å². The highest BCUT2D eigenvalue weighted by molar-refractivity contribution is 5.75. The fourth-order valence-corrected chi connectivity index (χ4v) is 2.71. The number of aryl methyl sites for hydroxylation is 1. The van der Waals surface area contributed by atoms with Crippen molar-refractivity contribution in [3.63, 3.8) is 0 Å². The Labute approximate surface area is 192 Å². The van der Waals surface area contributed by atoms with Crippen LogP contribution in [0.4, 0.5) is 4.79 Å². The van der Waals surface area contributed by atoms with Gasteiger partial charge in [-0.15, -0.1) is 0 Å². The summed E-state index contributed by atoms with van der Waals surface area (Å²) in [5.74, 6) is -0.429. The Hall–Kier alpha value is -2.61. The molecule has 1 unspecified atom stereocenters. The number of ether oxygens (including phenoxy) is 2. The van der Waals surface area contributed by atoms with Crippen molar-refractivity contribution in [1.82, 2.24) is 10.6 Å². The molecule has 3 amide bonds. The van der Waals surface area contributed by atoms with E-state index in [2.05, 4.69) is 10.6 Å². The third kappa shape index (κ3) is 13.6. The van der Waals surface area contributed by atoms with E-state index < -0.39 is 23.6 Å². The second kappa shape index (κ2) is 15.2. The Kier molecular flexibility index (Phi) is 14.0. The first-order valence-corrected chi connectivity index (χ1v) is 11.2. The minimum atomic E-state index is -0.623. The molecule has 4 N–H and O–H groups in total. The van der Waals surface area contributed by atoms with Crippen LogP contribution < -0.4 is 16.4 Å². The topological polar surface area (TPSA) is 120 Å². The number of carbonyl (C=O) groups excluding carboxylic acids is 3. The average Bonchev–Trinajstić information content (AvgIpc) is 2.73. The molecular weight excluding hydrogens is 410 g/mol. The van der Waals surface area contributed by atoms with Gasteiger partial charge >= 0.3 is 6.09 Å². The van der Waals surface area contributed by atoms with Crippen LogP contribution in [-0.4, -0.2) is 42.7 Å². The molecule has 0 aliphatic carbocycles. The molecule has 32 heavy (non-hydrogen) atoms. The van der Waals surface area contributed by atoms with Crippen molar-refractivity contribution in [3.05, 3.63) is 35.4 Å². The van der Waals surface area contributed by atoms with E-state index in [0.717, 1.165) is 11.1 Å². The lowest BCUT2D eigenvalue weighted by atomic mass is 10.1. The molecule has 0 spiro atoms. The SMILES string of the molecule is CC.CNC(=O)CCc1ccc(CO[C@H](C)C(CCC(N)=O)NC(=O)OC(C)(C)C)cc1. The van der Waals surface area contributed by atoms with Gasteiger partial charge in [-0.1, -0.05) is 38.1 Å². The smallest absolute Gasteiger partial charge is 0.407 e. The first kappa shape index (κ1) is 29.4. The van der Waals surface area contributed by atoms with Crippen molar-refractivity contribution in [2.45, 2.75) is 91.6 Å². The summed E-state index contributed by atoms with van der Waals surface area (Å²) < 4.78 is 11.2. The largest absolute Gasteiger partial charge is 0.444 e. The van der Waals surface area contributed by atoms with Crippen molar-refractivity contribution in [1.29, 1.82) is 0 Å². The van der Waals surface area contributed by atoms with Gasteiger partial charge in [0.2, 0.25) is 11.8 Å². The fourth-order valence-electron chi connectivity index (χ4n) is 2.71. The molecule has 182 valence electrons. The Bertz CT molecular complexity index is 699.